The number of carbonyl (C=O) groups excluding carboxylic acids is 9. The number of rotatable bonds is 9. The fraction of sp³-hybridized carbons (Fsp3) is 0.741. The first kappa shape index (κ1) is 51.7. The average Bonchev–Trinajstić information content (AvgIpc) is 2.79. The van der Waals surface area contributed by atoms with Crippen LogP contribution in [0.15, 0.2) is 5.16 Å². The minimum atomic E-state index is -2.37. The molecule has 0 aliphatic carbocycles. The van der Waals surface area contributed by atoms with E-state index >= 15 is 0 Å². The molecule has 0 amide bonds. The fourth-order valence-electron chi connectivity index (χ4n) is 1.85. The van der Waals surface area contributed by atoms with Crippen molar-refractivity contribution < 1.29 is 72.8 Å². The smallest absolute Gasteiger partial charge is 0.373 e. The fourth-order valence-corrected chi connectivity index (χ4v) is 1.85. The second-order valence-corrected chi connectivity index (χ2v) is 9.82. The number of esters is 3. The lowest BCUT2D eigenvalue weighted by atomic mass is 10.0. The molecule has 0 rings (SSSR count). The molecule has 0 bridgehead atoms. The molecule has 0 aliphatic heterocycles. The van der Waals surface area contributed by atoms with Crippen molar-refractivity contribution in [3.8, 4) is 0 Å². The molecule has 0 fully saturated rings. The van der Waals surface area contributed by atoms with E-state index in [-0.39, 0.29) is 54.4 Å². The average molecular weight is 626 g/mol. The van der Waals surface area contributed by atoms with E-state index in [4.69, 9.17) is 43.4 Å². The van der Waals surface area contributed by atoms with Crippen LogP contribution in [0.3, 0.4) is 0 Å². The molecule has 0 spiro atoms. The summed E-state index contributed by atoms with van der Waals surface area (Å²) in [4.78, 5) is 81.7. The lowest BCUT2D eigenvalue weighted by Gasteiger charge is -2.24. The van der Waals surface area contributed by atoms with E-state index in [0.29, 0.717) is 12.3 Å². The summed E-state index contributed by atoms with van der Waals surface area (Å²) in [5.74, 6) is -4.32. The van der Waals surface area contributed by atoms with Crippen LogP contribution in [0.1, 0.15) is 89.5 Å². The van der Waals surface area contributed by atoms with Crippen LogP contribution in [0.4, 0.5) is 0 Å². The van der Waals surface area contributed by atoms with Crippen LogP contribution in [0.2, 0.25) is 0 Å². The first-order valence-electron chi connectivity index (χ1n) is 12.8. The van der Waals surface area contributed by atoms with Crippen LogP contribution in [0, 0.1) is 17.8 Å². The highest BCUT2D eigenvalue weighted by molar-refractivity contribution is 6.36. The Morgan fingerprint density at radius 2 is 0.977 bits per heavy atom. The number of ether oxygens (including phenoxy) is 3. The summed E-state index contributed by atoms with van der Waals surface area (Å²) >= 11 is 0. The van der Waals surface area contributed by atoms with E-state index in [1.165, 1.54) is 13.8 Å². The molecule has 0 atom stereocenters. The SMILES string of the molecule is CC(C)CC(=O)OC(C)C.CC(C)OC(=O)/C(=N\O)C(C)C.CC(C)OC(=O)C(O)(O)C(C)C.O=C=O.O=C=O.O=C=O. The van der Waals surface area contributed by atoms with E-state index < -0.39 is 23.6 Å². The highest BCUT2D eigenvalue weighted by Crippen LogP contribution is 2.15. The van der Waals surface area contributed by atoms with Gasteiger partial charge in [0.05, 0.1) is 18.3 Å². The Kier molecular flexibility index (Phi) is 39.0. The summed E-state index contributed by atoms with van der Waals surface area (Å²) in [5.41, 5.74) is 0.0590. The third-order valence-corrected chi connectivity index (χ3v) is 3.60. The monoisotopic (exact) mass is 625 g/mol. The molecule has 250 valence electrons. The van der Waals surface area contributed by atoms with Gasteiger partial charge < -0.3 is 29.6 Å². The second kappa shape index (κ2) is 32.5. The van der Waals surface area contributed by atoms with E-state index in [9.17, 15) is 24.6 Å². The van der Waals surface area contributed by atoms with Crippen molar-refractivity contribution in [1.82, 2.24) is 0 Å². The Labute approximate surface area is 251 Å². The number of hydrogen-bond acceptors (Lipinski definition) is 16. The van der Waals surface area contributed by atoms with Crippen molar-refractivity contribution in [2.75, 3.05) is 0 Å². The summed E-state index contributed by atoms with van der Waals surface area (Å²) in [5, 5.41) is 29.7. The molecule has 0 saturated heterocycles. The number of aliphatic hydroxyl groups is 2. The first-order chi connectivity index (χ1) is 19.5. The largest absolute Gasteiger partial charge is 0.463 e. The molecule has 0 unspecified atom stereocenters. The minimum Gasteiger partial charge on any atom is -0.463 e. The summed E-state index contributed by atoms with van der Waals surface area (Å²) in [6.07, 6.45) is 0.771. The van der Waals surface area contributed by atoms with Gasteiger partial charge in [-0.15, -0.1) is 0 Å². The van der Waals surface area contributed by atoms with Gasteiger partial charge >= 0.3 is 36.4 Å². The van der Waals surface area contributed by atoms with E-state index in [2.05, 4.69) is 9.89 Å². The molecule has 0 heterocycles. The topological polar surface area (TPSA) is 254 Å². The molecule has 0 saturated carbocycles. The van der Waals surface area contributed by atoms with Gasteiger partial charge in [0.2, 0.25) is 0 Å². The maximum absolute atomic E-state index is 11.1. The van der Waals surface area contributed by atoms with Crippen LogP contribution < -0.4 is 0 Å². The summed E-state index contributed by atoms with van der Waals surface area (Å²) in [6, 6.07) is 0. The Bertz CT molecular complexity index is 830. The molecule has 0 aromatic rings. The van der Waals surface area contributed by atoms with Gasteiger partial charge in [-0.25, -0.2) is 9.59 Å². The minimum absolute atomic E-state index is 0.0197. The van der Waals surface area contributed by atoms with Gasteiger partial charge in [-0.1, -0.05) is 46.7 Å². The molecular formula is C27H47NO15. The molecule has 43 heavy (non-hydrogen) atoms. The van der Waals surface area contributed by atoms with Gasteiger partial charge in [0.25, 0.3) is 5.79 Å². The normalized spacial score (nSPS) is 9.91. The molecule has 0 aliphatic rings. The van der Waals surface area contributed by atoms with Crippen LogP contribution in [-0.2, 0) is 57.4 Å². The van der Waals surface area contributed by atoms with Crippen LogP contribution in [0.5, 0.6) is 0 Å². The van der Waals surface area contributed by atoms with Gasteiger partial charge in [0.15, 0.2) is 5.71 Å². The van der Waals surface area contributed by atoms with Crippen molar-refractivity contribution in [2.24, 2.45) is 22.9 Å². The zero-order valence-corrected chi connectivity index (χ0v) is 26.9. The Morgan fingerprint density at radius 3 is 1.19 bits per heavy atom. The van der Waals surface area contributed by atoms with Gasteiger partial charge in [0.1, 0.15) is 0 Å². The predicted octanol–water partition coefficient (Wildman–Crippen LogP) is 1.93. The Morgan fingerprint density at radius 1 is 0.651 bits per heavy atom. The van der Waals surface area contributed by atoms with Gasteiger partial charge in [-0.05, 0) is 47.5 Å². The summed E-state index contributed by atoms with van der Waals surface area (Å²) < 4.78 is 14.4. The highest BCUT2D eigenvalue weighted by atomic mass is 16.6. The molecule has 0 aromatic heterocycles. The van der Waals surface area contributed by atoms with Crippen molar-refractivity contribution >= 4 is 42.1 Å². The number of nitrogens with zero attached hydrogens (tertiary/aromatic N) is 1. The lowest BCUT2D eigenvalue weighted by Crippen LogP contribution is -2.45. The van der Waals surface area contributed by atoms with E-state index in [0.717, 1.165) is 0 Å². The zero-order valence-electron chi connectivity index (χ0n) is 26.9. The molecule has 3 N–H and O–H groups in total. The molecule has 0 radical (unpaired) electrons. The zero-order chi connectivity index (χ0) is 35.9. The third kappa shape index (κ3) is 42.5. The van der Waals surface area contributed by atoms with E-state index in [1.807, 2.05) is 27.7 Å². The highest BCUT2D eigenvalue weighted by Gasteiger charge is 2.39. The summed E-state index contributed by atoms with van der Waals surface area (Å²) in [6.45, 7) is 21.1. The van der Waals surface area contributed by atoms with Crippen molar-refractivity contribution in [1.29, 1.82) is 0 Å². The van der Waals surface area contributed by atoms with Gasteiger partial charge in [-0.2, -0.15) is 28.8 Å². The first-order valence-corrected chi connectivity index (χ1v) is 12.8. The lowest BCUT2D eigenvalue weighted by molar-refractivity contribution is -0.226. The standard InChI is InChI=1S/C8H15NO3.C8H16O4.C8H16O2.3CO2/c1-5(2)7(9-11)8(10)12-6(3)4;1-5(2)8(10,11)7(9)12-6(3)4;1-6(2)5-8(9)10-7(3)4;3*2-1-3/h5-6,11H,1-4H3;5-6,10-11H,1-4H3;6-7H,5H2,1-4H3;;;/b9-7-;;;;;. The quantitative estimate of drug-likeness (QED) is 0.0826. The molecule has 16 nitrogen and oxygen atoms in total. The van der Waals surface area contributed by atoms with Crippen LogP contribution in [-0.4, -0.2) is 81.6 Å². The maximum atomic E-state index is 11.1. The maximum Gasteiger partial charge on any atom is 0.373 e. The predicted molar refractivity (Wildman–Crippen MR) is 144 cm³/mol. The van der Waals surface area contributed by atoms with E-state index in [1.54, 1.807) is 41.5 Å². The van der Waals surface area contributed by atoms with Gasteiger partial charge in [-0.3, -0.25) is 4.79 Å². The Balaban J connectivity index is -0.000000105. The van der Waals surface area contributed by atoms with Crippen molar-refractivity contribution in [3.63, 3.8) is 0 Å². The third-order valence-electron chi connectivity index (χ3n) is 3.60. The molecule has 16 heteroatoms. The number of carbonyl (C=O) groups is 3. The number of hydrogen-bond donors (Lipinski definition) is 3. The van der Waals surface area contributed by atoms with Gasteiger partial charge in [0, 0.05) is 18.3 Å². The second-order valence-electron chi connectivity index (χ2n) is 9.82. The molecular weight excluding hydrogens is 578 g/mol. The molecule has 0 aromatic carbocycles. The van der Waals surface area contributed by atoms with Crippen LogP contribution in [0.25, 0.3) is 0 Å². The van der Waals surface area contributed by atoms with Crippen LogP contribution >= 0.6 is 0 Å². The number of oxime groups is 1. The van der Waals surface area contributed by atoms with Crippen molar-refractivity contribution in [3.05, 3.63) is 0 Å². The Hall–Kier alpha value is -4.06. The summed E-state index contributed by atoms with van der Waals surface area (Å²) in [7, 11) is 0. The van der Waals surface area contributed by atoms with Crippen molar-refractivity contribution in [2.45, 2.75) is 114 Å².